The van der Waals surface area contributed by atoms with Gasteiger partial charge in [0.15, 0.2) is 0 Å². The van der Waals surface area contributed by atoms with E-state index in [0.717, 1.165) is 17.8 Å². The highest BCUT2D eigenvalue weighted by Gasteiger charge is 2.04. The van der Waals surface area contributed by atoms with Crippen LogP contribution in [-0.4, -0.2) is 15.8 Å². The molecule has 0 fully saturated rings. The minimum absolute atomic E-state index is 0.201. The maximum Gasteiger partial charge on any atom is 0.0674 e. The van der Waals surface area contributed by atoms with Crippen LogP contribution in [0, 0.1) is 13.8 Å². The molecule has 1 atom stereocenters. The fourth-order valence-corrected chi connectivity index (χ4v) is 2.02. The zero-order valence-corrected chi connectivity index (χ0v) is 10.6. The SMILES string of the molecule is Cc1ccn(-c2ccc(CC(C)N)cc2C)n1. The normalized spacial score (nSPS) is 12.7. The summed E-state index contributed by atoms with van der Waals surface area (Å²) in [7, 11) is 0. The Balaban J connectivity index is 2.31. The molecule has 2 N–H and O–H groups in total. The summed E-state index contributed by atoms with van der Waals surface area (Å²) in [6, 6.07) is 8.64. The van der Waals surface area contributed by atoms with Gasteiger partial charge in [0.05, 0.1) is 11.4 Å². The Morgan fingerprint density at radius 3 is 2.59 bits per heavy atom. The van der Waals surface area contributed by atoms with Gasteiger partial charge in [-0.05, 0) is 50.5 Å². The van der Waals surface area contributed by atoms with E-state index < -0.39 is 0 Å². The lowest BCUT2D eigenvalue weighted by Crippen LogP contribution is -2.17. The molecular weight excluding hydrogens is 210 g/mol. The third-order valence-electron chi connectivity index (χ3n) is 2.79. The highest BCUT2D eigenvalue weighted by atomic mass is 15.3. The van der Waals surface area contributed by atoms with Crippen molar-refractivity contribution in [3.8, 4) is 5.69 Å². The molecule has 3 heteroatoms. The Bertz CT molecular complexity index is 512. The van der Waals surface area contributed by atoms with Gasteiger partial charge in [-0.2, -0.15) is 5.10 Å². The van der Waals surface area contributed by atoms with Crippen LogP contribution in [0.25, 0.3) is 5.69 Å². The molecule has 90 valence electrons. The predicted octanol–water partition coefficient (Wildman–Crippen LogP) is 2.38. The van der Waals surface area contributed by atoms with E-state index >= 15 is 0 Å². The Morgan fingerprint density at radius 2 is 2.06 bits per heavy atom. The average molecular weight is 229 g/mol. The van der Waals surface area contributed by atoms with Crippen LogP contribution in [0.2, 0.25) is 0 Å². The molecule has 2 rings (SSSR count). The topological polar surface area (TPSA) is 43.8 Å². The maximum atomic E-state index is 5.81. The summed E-state index contributed by atoms with van der Waals surface area (Å²) in [5, 5.41) is 4.42. The number of hydrogen-bond donors (Lipinski definition) is 1. The van der Waals surface area contributed by atoms with Crippen LogP contribution in [0.5, 0.6) is 0 Å². The Kier molecular flexibility index (Phi) is 3.29. The minimum Gasteiger partial charge on any atom is -0.328 e. The zero-order valence-electron chi connectivity index (χ0n) is 10.6. The van der Waals surface area contributed by atoms with Crippen molar-refractivity contribution >= 4 is 0 Å². The highest BCUT2D eigenvalue weighted by molar-refractivity contribution is 5.42. The number of hydrogen-bond acceptors (Lipinski definition) is 2. The third kappa shape index (κ3) is 2.74. The van der Waals surface area contributed by atoms with Crippen molar-refractivity contribution < 1.29 is 0 Å². The molecule has 1 aromatic heterocycles. The van der Waals surface area contributed by atoms with E-state index in [1.54, 1.807) is 0 Å². The van der Waals surface area contributed by atoms with Crippen molar-refractivity contribution in [2.45, 2.75) is 33.2 Å². The van der Waals surface area contributed by atoms with Gasteiger partial charge in [0.2, 0.25) is 0 Å². The Labute approximate surface area is 102 Å². The summed E-state index contributed by atoms with van der Waals surface area (Å²) in [5.74, 6) is 0. The van der Waals surface area contributed by atoms with Crippen molar-refractivity contribution in [3.05, 3.63) is 47.3 Å². The number of nitrogens with two attached hydrogens (primary N) is 1. The molecule has 0 bridgehead atoms. The lowest BCUT2D eigenvalue weighted by molar-refractivity contribution is 0.737. The number of rotatable bonds is 3. The molecule has 1 aromatic carbocycles. The van der Waals surface area contributed by atoms with E-state index in [9.17, 15) is 0 Å². The van der Waals surface area contributed by atoms with E-state index in [1.165, 1.54) is 11.1 Å². The highest BCUT2D eigenvalue weighted by Crippen LogP contribution is 2.16. The molecule has 0 saturated heterocycles. The second kappa shape index (κ2) is 4.72. The lowest BCUT2D eigenvalue weighted by Gasteiger charge is -2.10. The van der Waals surface area contributed by atoms with Crippen LogP contribution >= 0.6 is 0 Å². The Morgan fingerprint density at radius 1 is 1.29 bits per heavy atom. The molecule has 0 amide bonds. The molecule has 0 aliphatic rings. The molecule has 1 heterocycles. The maximum absolute atomic E-state index is 5.81. The fraction of sp³-hybridized carbons (Fsp3) is 0.357. The van der Waals surface area contributed by atoms with Crippen LogP contribution in [0.15, 0.2) is 30.5 Å². The summed E-state index contributed by atoms with van der Waals surface area (Å²) in [6.07, 6.45) is 2.90. The van der Waals surface area contributed by atoms with E-state index in [2.05, 4.69) is 30.2 Å². The molecule has 2 aromatic rings. The van der Waals surface area contributed by atoms with Crippen molar-refractivity contribution in [2.75, 3.05) is 0 Å². The minimum atomic E-state index is 0.201. The molecule has 0 spiro atoms. The first kappa shape index (κ1) is 11.9. The second-order valence-electron chi connectivity index (χ2n) is 4.70. The Hall–Kier alpha value is -1.61. The first-order valence-electron chi connectivity index (χ1n) is 5.94. The number of aryl methyl sites for hydroxylation is 2. The quantitative estimate of drug-likeness (QED) is 0.878. The zero-order chi connectivity index (χ0) is 12.4. The van der Waals surface area contributed by atoms with Crippen LogP contribution in [-0.2, 0) is 6.42 Å². The van der Waals surface area contributed by atoms with E-state index in [-0.39, 0.29) is 6.04 Å². The smallest absolute Gasteiger partial charge is 0.0674 e. The van der Waals surface area contributed by atoms with Crippen LogP contribution in [0.3, 0.4) is 0 Å². The fourth-order valence-electron chi connectivity index (χ4n) is 2.02. The van der Waals surface area contributed by atoms with Crippen molar-refractivity contribution in [1.29, 1.82) is 0 Å². The van der Waals surface area contributed by atoms with E-state index in [0.29, 0.717) is 0 Å². The molecule has 0 aliphatic heterocycles. The van der Waals surface area contributed by atoms with Gasteiger partial charge in [0.1, 0.15) is 0 Å². The first-order valence-corrected chi connectivity index (χ1v) is 5.94. The first-order chi connectivity index (χ1) is 8.06. The van der Waals surface area contributed by atoms with Gasteiger partial charge in [-0.25, -0.2) is 4.68 Å². The van der Waals surface area contributed by atoms with E-state index in [4.69, 9.17) is 5.73 Å². The molecule has 0 radical (unpaired) electrons. The standard InChI is InChI=1S/C14H19N3/c1-10-8-13(9-11(2)15)4-5-14(10)17-7-6-12(3)16-17/h4-8,11H,9,15H2,1-3H3. The summed E-state index contributed by atoms with van der Waals surface area (Å²) in [5.41, 5.74) is 10.5. The number of aromatic nitrogens is 2. The average Bonchev–Trinajstić information content (AvgIpc) is 2.64. The van der Waals surface area contributed by atoms with Crippen molar-refractivity contribution in [3.63, 3.8) is 0 Å². The van der Waals surface area contributed by atoms with Gasteiger partial charge in [-0.1, -0.05) is 12.1 Å². The van der Waals surface area contributed by atoms with Crippen molar-refractivity contribution in [1.82, 2.24) is 9.78 Å². The van der Waals surface area contributed by atoms with Gasteiger partial charge < -0.3 is 5.73 Å². The summed E-state index contributed by atoms with van der Waals surface area (Å²) < 4.78 is 1.92. The van der Waals surface area contributed by atoms with Gasteiger partial charge in [0, 0.05) is 12.2 Å². The molecule has 3 nitrogen and oxygen atoms in total. The van der Waals surface area contributed by atoms with Gasteiger partial charge in [-0.3, -0.25) is 0 Å². The summed E-state index contributed by atoms with van der Waals surface area (Å²) in [4.78, 5) is 0. The van der Waals surface area contributed by atoms with Crippen LogP contribution in [0.1, 0.15) is 23.7 Å². The van der Waals surface area contributed by atoms with Crippen molar-refractivity contribution in [2.24, 2.45) is 5.73 Å². The number of benzene rings is 1. The molecule has 1 unspecified atom stereocenters. The summed E-state index contributed by atoms with van der Waals surface area (Å²) >= 11 is 0. The monoisotopic (exact) mass is 229 g/mol. The summed E-state index contributed by atoms with van der Waals surface area (Å²) in [6.45, 7) is 6.13. The lowest BCUT2D eigenvalue weighted by atomic mass is 10.0. The molecule has 17 heavy (non-hydrogen) atoms. The number of nitrogens with zero attached hydrogens (tertiary/aromatic N) is 2. The predicted molar refractivity (Wildman–Crippen MR) is 70.4 cm³/mol. The molecule has 0 saturated carbocycles. The molecule has 0 aliphatic carbocycles. The third-order valence-corrected chi connectivity index (χ3v) is 2.79. The largest absolute Gasteiger partial charge is 0.328 e. The van der Waals surface area contributed by atoms with Gasteiger partial charge >= 0.3 is 0 Å². The van der Waals surface area contributed by atoms with E-state index in [1.807, 2.05) is 30.8 Å². The second-order valence-corrected chi connectivity index (χ2v) is 4.70. The molecular formula is C14H19N3. The van der Waals surface area contributed by atoms with Crippen LogP contribution in [0.4, 0.5) is 0 Å². The van der Waals surface area contributed by atoms with Gasteiger partial charge in [-0.15, -0.1) is 0 Å². The van der Waals surface area contributed by atoms with Gasteiger partial charge in [0.25, 0.3) is 0 Å². The van der Waals surface area contributed by atoms with Crippen LogP contribution < -0.4 is 5.73 Å².